The third-order valence-corrected chi connectivity index (χ3v) is 3.81. The van der Waals surface area contributed by atoms with E-state index in [4.69, 9.17) is 5.84 Å². The fourth-order valence-corrected chi connectivity index (χ4v) is 2.59. The van der Waals surface area contributed by atoms with E-state index in [9.17, 15) is 14.4 Å². The minimum absolute atomic E-state index is 0.0868. The molecular weight excluding hydrogens is 272 g/mol. The number of amides is 4. The second kappa shape index (κ2) is 5.05. The number of thioether (sulfide) groups is 1. The van der Waals surface area contributed by atoms with Gasteiger partial charge in [0.1, 0.15) is 6.04 Å². The zero-order valence-corrected chi connectivity index (χ0v) is 11.2. The predicted molar refractivity (Wildman–Crippen MR) is 68.9 cm³/mol. The molecule has 2 rings (SSSR count). The van der Waals surface area contributed by atoms with E-state index in [1.165, 1.54) is 11.9 Å². The number of carbonyl (C=O) groups is 3. The number of nitrogens with zero attached hydrogens (tertiary/aromatic N) is 3. The molecule has 4 amide bonds. The first-order chi connectivity index (χ1) is 8.95. The molecule has 0 aliphatic carbocycles. The molecule has 4 N–H and O–H groups in total. The van der Waals surface area contributed by atoms with E-state index in [2.05, 4.69) is 10.3 Å². The zero-order valence-electron chi connectivity index (χ0n) is 10.4. The van der Waals surface area contributed by atoms with Crippen LogP contribution >= 0.6 is 11.8 Å². The van der Waals surface area contributed by atoms with Gasteiger partial charge in [-0.15, -0.1) is 0 Å². The molecule has 19 heavy (non-hydrogen) atoms. The Morgan fingerprint density at radius 2 is 2.21 bits per heavy atom. The van der Waals surface area contributed by atoms with Crippen molar-refractivity contribution in [3.63, 3.8) is 0 Å². The largest absolute Gasteiger partial charge is 0.350 e. The van der Waals surface area contributed by atoms with E-state index in [0.29, 0.717) is 5.17 Å². The molecule has 1 fully saturated rings. The molecule has 9 nitrogen and oxygen atoms in total. The first kappa shape index (κ1) is 13.6. The summed E-state index contributed by atoms with van der Waals surface area (Å²) in [5.41, 5.74) is 2.00. The van der Waals surface area contributed by atoms with Crippen molar-refractivity contribution in [3.8, 4) is 0 Å². The Labute approximate surface area is 113 Å². The number of likely N-dealkylation sites (N-methyl/N-ethyl adjacent to an activating group) is 2. The molecule has 2 aliphatic heterocycles. The highest BCUT2D eigenvalue weighted by Crippen LogP contribution is 2.23. The molecule has 1 saturated heterocycles. The van der Waals surface area contributed by atoms with Gasteiger partial charge in [-0.2, -0.15) is 0 Å². The lowest BCUT2D eigenvalue weighted by molar-refractivity contribution is -0.133. The fourth-order valence-electron chi connectivity index (χ4n) is 1.85. The van der Waals surface area contributed by atoms with Gasteiger partial charge in [-0.25, -0.2) is 15.6 Å². The average molecular weight is 286 g/mol. The van der Waals surface area contributed by atoms with Crippen molar-refractivity contribution in [2.75, 3.05) is 19.8 Å². The molecule has 2 aliphatic rings. The van der Waals surface area contributed by atoms with Crippen molar-refractivity contribution < 1.29 is 14.4 Å². The van der Waals surface area contributed by atoms with Crippen LogP contribution < -0.4 is 16.6 Å². The molecule has 0 radical (unpaired) electrons. The van der Waals surface area contributed by atoms with E-state index in [1.807, 2.05) is 5.43 Å². The van der Waals surface area contributed by atoms with Crippen LogP contribution in [-0.2, 0) is 9.59 Å². The van der Waals surface area contributed by atoms with Crippen molar-refractivity contribution in [3.05, 3.63) is 0 Å². The molecule has 0 aromatic rings. The summed E-state index contributed by atoms with van der Waals surface area (Å²) >= 11 is 1.13. The Bertz CT molecular complexity index is 467. The fraction of sp³-hybridized carbons (Fsp3) is 0.556. The summed E-state index contributed by atoms with van der Waals surface area (Å²) < 4.78 is 0. The van der Waals surface area contributed by atoms with Crippen LogP contribution in [-0.4, -0.2) is 64.9 Å². The second-order valence-electron chi connectivity index (χ2n) is 4.12. The standard InChI is InChI=1S/C9H14N6O3S/c1-14-6-5(7(17)15(2)9(14)18)11-8(12-6)19-3-4(16)13-10/h5-6H,3,10H2,1-2H3,(H,11,12)(H,13,16)/t5-,6+/m1/s1. The van der Waals surface area contributed by atoms with Crippen LogP contribution in [0.1, 0.15) is 0 Å². The minimum atomic E-state index is -0.601. The lowest BCUT2D eigenvalue weighted by Gasteiger charge is -2.36. The van der Waals surface area contributed by atoms with Crippen molar-refractivity contribution in [1.82, 2.24) is 20.5 Å². The number of nitrogens with two attached hydrogens (primary N) is 1. The highest BCUT2D eigenvalue weighted by atomic mass is 32.2. The summed E-state index contributed by atoms with van der Waals surface area (Å²) in [5, 5.41) is 3.36. The van der Waals surface area contributed by atoms with E-state index < -0.39 is 18.2 Å². The maximum absolute atomic E-state index is 11.9. The number of hydrogen-bond donors (Lipinski definition) is 3. The number of aliphatic imine (C=N–C) groups is 1. The topological polar surface area (TPSA) is 120 Å². The van der Waals surface area contributed by atoms with Crippen LogP contribution in [0, 0.1) is 0 Å². The quantitative estimate of drug-likeness (QED) is 0.303. The molecule has 0 unspecified atom stereocenters. The molecule has 104 valence electrons. The maximum Gasteiger partial charge on any atom is 0.328 e. The number of fused-ring (bicyclic) bond motifs is 1. The number of imide groups is 1. The summed E-state index contributed by atoms with van der Waals surface area (Å²) in [6.07, 6.45) is -0.570. The number of urea groups is 1. The third kappa shape index (κ3) is 2.36. The van der Waals surface area contributed by atoms with Gasteiger partial charge in [0.25, 0.3) is 5.91 Å². The lowest BCUT2D eigenvalue weighted by Crippen LogP contribution is -2.63. The van der Waals surface area contributed by atoms with Crippen LogP contribution in [0.4, 0.5) is 4.79 Å². The minimum Gasteiger partial charge on any atom is -0.350 e. The molecule has 0 aromatic heterocycles. The van der Waals surface area contributed by atoms with Crippen LogP contribution in [0.25, 0.3) is 0 Å². The van der Waals surface area contributed by atoms with Gasteiger partial charge in [0.05, 0.1) is 5.75 Å². The zero-order chi connectivity index (χ0) is 14.2. The van der Waals surface area contributed by atoms with Gasteiger partial charge >= 0.3 is 6.03 Å². The van der Waals surface area contributed by atoms with Gasteiger partial charge in [0.15, 0.2) is 11.3 Å². The van der Waals surface area contributed by atoms with Crippen LogP contribution in [0.5, 0.6) is 0 Å². The van der Waals surface area contributed by atoms with E-state index >= 15 is 0 Å². The van der Waals surface area contributed by atoms with Gasteiger partial charge in [-0.05, 0) is 0 Å². The molecule has 10 heteroatoms. The number of hydrazine groups is 1. The Morgan fingerprint density at radius 3 is 2.84 bits per heavy atom. The molecule has 0 aromatic carbocycles. The monoisotopic (exact) mass is 286 g/mol. The molecule has 0 spiro atoms. The van der Waals surface area contributed by atoms with Gasteiger partial charge in [-0.3, -0.25) is 19.9 Å². The number of nitrogens with one attached hydrogen (secondary N) is 2. The number of rotatable bonds is 2. The molecule has 0 saturated carbocycles. The Balaban J connectivity index is 2.07. The Kier molecular flexibility index (Phi) is 3.62. The van der Waals surface area contributed by atoms with E-state index in [0.717, 1.165) is 16.7 Å². The Hall–Kier alpha value is -1.81. The highest BCUT2D eigenvalue weighted by molar-refractivity contribution is 8.14. The van der Waals surface area contributed by atoms with Gasteiger partial charge in [0, 0.05) is 14.1 Å². The van der Waals surface area contributed by atoms with Gasteiger partial charge < -0.3 is 10.2 Å². The van der Waals surface area contributed by atoms with Crippen LogP contribution in [0.3, 0.4) is 0 Å². The molecule has 2 atom stereocenters. The molecular formula is C9H14N6O3S. The molecule has 2 heterocycles. The first-order valence-corrected chi connectivity index (χ1v) is 6.45. The summed E-state index contributed by atoms with van der Waals surface area (Å²) in [7, 11) is 3.00. The smallest absolute Gasteiger partial charge is 0.328 e. The van der Waals surface area contributed by atoms with Crippen LogP contribution in [0.15, 0.2) is 4.99 Å². The van der Waals surface area contributed by atoms with Crippen molar-refractivity contribution >= 4 is 34.8 Å². The average Bonchev–Trinajstić information content (AvgIpc) is 2.84. The van der Waals surface area contributed by atoms with Gasteiger partial charge in [-0.1, -0.05) is 11.8 Å². The molecule has 0 bridgehead atoms. The number of hydrogen-bond acceptors (Lipinski definition) is 7. The third-order valence-electron chi connectivity index (χ3n) is 2.91. The summed E-state index contributed by atoms with van der Waals surface area (Å²) in [4.78, 5) is 41.4. The van der Waals surface area contributed by atoms with E-state index in [-0.39, 0.29) is 17.6 Å². The summed E-state index contributed by atoms with van der Waals surface area (Å²) in [6.45, 7) is 0. The summed E-state index contributed by atoms with van der Waals surface area (Å²) in [5.74, 6) is 4.37. The van der Waals surface area contributed by atoms with Crippen molar-refractivity contribution in [2.45, 2.75) is 12.2 Å². The van der Waals surface area contributed by atoms with Crippen molar-refractivity contribution in [2.24, 2.45) is 10.8 Å². The van der Waals surface area contributed by atoms with Gasteiger partial charge in [0.2, 0.25) is 5.91 Å². The lowest BCUT2D eigenvalue weighted by atomic mass is 10.1. The predicted octanol–water partition coefficient (Wildman–Crippen LogP) is -2.11. The van der Waals surface area contributed by atoms with Crippen LogP contribution in [0.2, 0.25) is 0 Å². The normalized spacial score (nSPS) is 25.9. The second-order valence-corrected chi connectivity index (χ2v) is 5.08. The first-order valence-electron chi connectivity index (χ1n) is 5.46. The Morgan fingerprint density at radius 1 is 1.53 bits per heavy atom. The van der Waals surface area contributed by atoms with E-state index in [1.54, 1.807) is 7.05 Å². The summed E-state index contributed by atoms with van der Waals surface area (Å²) in [6, 6.07) is -1.00. The SMILES string of the molecule is CN1C(=O)[C@@H]2NC(SCC(=O)NN)=N[C@H]2N(C)C1=O. The van der Waals surface area contributed by atoms with Crippen molar-refractivity contribution in [1.29, 1.82) is 0 Å². The highest BCUT2D eigenvalue weighted by Gasteiger charge is 2.46. The maximum atomic E-state index is 11.9. The number of amidine groups is 1. The number of carbonyl (C=O) groups excluding carboxylic acids is 3.